The molecule has 5 nitrogen and oxygen atoms in total. The number of carbonyl (C=O) groups is 1. The minimum atomic E-state index is -0.997. The maximum atomic E-state index is 10.6. The number of aliphatic carboxylic acids is 1. The Morgan fingerprint density at radius 3 is 2.89 bits per heavy atom. The van der Waals surface area contributed by atoms with E-state index in [2.05, 4.69) is 5.16 Å². The number of ether oxygens (including phenoxy) is 1. The zero-order valence-corrected chi connectivity index (χ0v) is 10.6. The lowest BCUT2D eigenvalue weighted by atomic mass is 10.1. The van der Waals surface area contributed by atoms with E-state index < -0.39 is 5.97 Å². The SMILES string of the molecule is O=C(O)C1=NOC(CCCOCc2ccccc2)C1. The van der Waals surface area contributed by atoms with Crippen LogP contribution in [0.1, 0.15) is 24.8 Å². The number of carboxylic acids is 1. The van der Waals surface area contributed by atoms with Gasteiger partial charge in [-0.25, -0.2) is 4.79 Å². The summed E-state index contributed by atoms with van der Waals surface area (Å²) in [5.41, 5.74) is 1.26. The van der Waals surface area contributed by atoms with Gasteiger partial charge in [0, 0.05) is 13.0 Å². The van der Waals surface area contributed by atoms with Crippen LogP contribution in [0.25, 0.3) is 0 Å². The lowest BCUT2D eigenvalue weighted by Crippen LogP contribution is -2.14. The van der Waals surface area contributed by atoms with E-state index in [0.717, 1.165) is 18.4 Å². The fourth-order valence-electron chi connectivity index (χ4n) is 1.89. The molecule has 102 valence electrons. The highest BCUT2D eigenvalue weighted by atomic mass is 16.6. The molecule has 0 bridgehead atoms. The van der Waals surface area contributed by atoms with Crippen LogP contribution in [-0.2, 0) is 21.0 Å². The second-order valence-electron chi connectivity index (χ2n) is 4.46. The maximum Gasteiger partial charge on any atom is 0.353 e. The number of oxime groups is 1. The summed E-state index contributed by atoms with van der Waals surface area (Å²) >= 11 is 0. The maximum absolute atomic E-state index is 10.6. The smallest absolute Gasteiger partial charge is 0.353 e. The third kappa shape index (κ3) is 4.37. The van der Waals surface area contributed by atoms with Gasteiger partial charge in [-0.1, -0.05) is 35.5 Å². The summed E-state index contributed by atoms with van der Waals surface area (Å²) in [4.78, 5) is 15.7. The Kier molecular flexibility index (Phi) is 4.92. The van der Waals surface area contributed by atoms with Crippen LogP contribution in [0.15, 0.2) is 35.5 Å². The molecule has 1 aliphatic rings. The third-order valence-corrected chi connectivity index (χ3v) is 2.91. The van der Waals surface area contributed by atoms with Crippen LogP contribution in [0.2, 0.25) is 0 Å². The monoisotopic (exact) mass is 263 g/mol. The van der Waals surface area contributed by atoms with E-state index in [1.54, 1.807) is 0 Å². The summed E-state index contributed by atoms with van der Waals surface area (Å²) in [5.74, 6) is -0.997. The van der Waals surface area contributed by atoms with Crippen LogP contribution in [0.5, 0.6) is 0 Å². The molecule has 1 aromatic rings. The number of hydrogen-bond acceptors (Lipinski definition) is 4. The van der Waals surface area contributed by atoms with E-state index in [9.17, 15) is 4.79 Å². The van der Waals surface area contributed by atoms with Crippen LogP contribution in [0.4, 0.5) is 0 Å². The van der Waals surface area contributed by atoms with Crippen molar-refractivity contribution >= 4 is 11.7 Å². The Morgan fingerprint density at radius 1 is 1.42 bits per heavy atom. The molecule has 1 unspecified atom stereocenters. The topological polar surface area (TPSA) is 68.1 Å². The molecule has 1 aromatic carbocycles. The van der Waals surface area contributed by atoms with Gasteiger partial charge >= 0.3 is 5.97 Å². The van der Waals surface area contributed by atoms with Gasteiger partial charge in [0.1, 0.15) is 6.10 Å². The molecule has 19 heavy (non-hydrogen) atoms. The summed E-state index contributed by atoms with van der Waals surface area (Å²) in [6.45, 7) is 1.24. The Morgan fingerprint density at radius 2 is 2.21 bits per heavy atom. The van der Waals surface area contributed by atoms with Crippen LogP contribution in [-0.4, -0.2) is 29.5 Å². The summed E-state index contributed by atoms with van der Waals surface area (Å²) in [6, 6.07) is 9.98. The fraction of sp³-hybridized carbons (Fsp3) is 0.429. The standard InChI is InChI=1S/C14H17NO4/c16-14(17)13-9-12(19-15-13)7-4-8-18-10-11-5-2-1-3-6-11/h1-3,5-6,12H,4,7-10H2,(H,16,17). The molecular weight excluding hydrogens is 246 g/mol. The van der Waals surface area contributed by atoms with E-state index >= 15 is 0 Å². The highest BCUT2D eigenvalue weighted by Crippen LogP contribution is 2.15. The van der Waals surface area contributed by atoms with Gasteiger partial charge in [0.05, 0.1) is 6.61 Å². The first kappa shape index (κ1) is 13.5. The molecule has 0 radical (unpaired) electrons. The molecule has 1 atom stereocenters. The Balaban J connectivity index is 1.55. The molecule has 1 heterocycles. The quantitative estimate of drug-likeness (QED) is 0.766. The molecule has 0 fully saturated rings. The molecule has 2 rings (SSSR count). The molecule has 5 heteroatoms. The zero-order valence-electron chi connectivity index (χ0n) is 10.6. The van der Waals surface area contributed by atoms with Gasteiger partial charge in [-0.2, -0.15) is 0 Å². The number of carboxylic acid groups (broad SMARTS) is 1. The van der Waals surface area contributed by atoms with Crippen LogP contribution < -0.4 is 0 Å². The first-order chi connectivity index (χ1) is 9.25. The molecule has 0 aliphatic carbocycles. The van der Waals surface area contributed by atoms with Gasteiger partial charge in [-0.05, 0) is 18.4 Å². The van der Waals surface area contributed by atoms with Crippen molar-refractivity contribution < 1.29 is 19.5 Å². The lowest BCUT2D eigenvalue weighted by Gasteiger charge is -2.08. The van der Waals surface area contributed by atoms with Gasteiger partial charge < -0.3 is 14.7 Å². The number of nitrogens with zero attached hydrogens (tertiary/aromatic N) is 1. The van der Waals surface area contributed by atoms with E-state index in [1.807, 2.05) is 30.3 Å². The highest BCUT2D eigenvalue weighted by molar-refractivity contribution is 6.35. The molecule has 0 spiro atoms. The summed E-state index contributed by atoms with van der Waals surface area (Å²) in [7, 11) is 0. The van der Waals surface area contributed by atoms with Crippen molar-refractivity contribution in [2.24, 2.45) is 5.16 Å². The third-order valence-electron chi connectivity index (χ3n) is 2.91. The second-order valence-corrected chi connectivity index (χ2v) is 4.46. The van der Waals surface area contributed by atoms with Gasteiger partial charge in [0.15, 0.2) is 5.71 Å². The van der Waals surface area contributed by atoms with Crippen molar-refractivity contribution in [3.8, 4) is 0 Å². The normalized spacial score (nSPS) is 17.9. The molecule has 0 saturated carbocycles. The molecular formula is C14H17NO4. The molecule has 0 amide bonds. The number of benzene rings is 1. The Labute approximate surface area is 111 Å². The minimum absolute atomic E-state index is 0.107. The van der Waals surface area contributed by atoms with Gasteiger partial charge in [0.2, 0.25) is 0 Å². The van der Waals surface area contributed by atoms with Crippen molar-refractivity contribution in [1.82, 2.24) is 0 Å². The van der Waals surface area contributed by atoms with E-state index in [4.69, 9.17) is 14.7 Å². The summed E-state index contributed by atoms with van der Waals surface area (Å²) < 4.78 is 5.54. The van der Waals surface area contributed by atoms with Crippen molar-refractivity contribution in [3.63, 3.8) is 0 Å². The molecule has 1 N–H and O–H groups in total. The fourth-order valence-corrected chi connectivity index (χ4v) is 1.89. The minimum Gasteiger partial charge on any atom is -0.477 e. The van der Waals surface area contributed by atoms with E-state index in [0.29, 0.717) is 19.6 Å². The first-order valence-electron chi connectivity index (χ1n) is 6.33. The van der Waals surface area contributed by atoms with Gasteiger partial charge in [0.25, 0.3) is 0 Å². The lowest BCUT2D eigenvalue weighted by molar-refractivity contribution is -0.129. The number of rotatable bonds is 7. The Bertz CT molecular complexity index is 444. The van der Waals surface area contributed by atoms with Crippen LogP contribution >= 0.6 is 0 Å². The second kappa shape index (κ2) is 6.89. The first-order valence-corrected chi connectivity index (χ1v) is 6.33. The predicted octanol–water partition coefficient (Wildman–Crippen LogP) is 2.21. The Hall–Kier alpha value is -1.88. The molecule has 0 aromatic heterocycles. The van der Waals surface area contributed by atoms with Crippen molar-refractivity contribution in [2.45, 2.75) is 32.0 Å². The average molecular weight is 263 g/mol. The largest absolute Gasteiger partial charge is 0.477 e. The van der Waals surface area contributed by atoms with Crippen LogP contribution in [0.3, 0.4) is 0 Å². The van der Waals surface area contributed by atoms with Crippen molar-refractivity contribution in [3.05, 3.63) is 35.9 Å². The summed E-state index contributed by atoms with van der Waals surface area (Å²) in [6.07, 6.45) is 1.86. The highest BCUT2D eigenvalue weighted by Gasteiger charge is 2.24. The molecule has 0 saturated heterocycles. The van der Waals surface area contributed by atoms with E-state index in [1.165, 1.54) is 0 Å². The average Bonchev–Trinajstić information content (AvgIpc) is 2.89. The zero-order chi connectivity index (χ0) is 13.5. The van der Waals surface area contributed by atoms with Gasteiger partial charge in [-0.3, -0.25) is 0 Å². The van der Waals surface area contributed by atoms with Gasteiger partial charge in [-0.15, -0.1) is 0 Å². The molecule has 1 aliphatic heterocycles. The van der Waals surface area contributed by atoms with Crippen molar-refractivity contribution in [1.29, 1.82) is 0 Å². The summed E-state index contributed by atoms with van der Waals surface area (Å²) in [5, 5.41) is 12.3. The number of hydrogen-bond donors (Lipinski definition) is 1. The van der Waals surface area contributed by atoms with Crippen LogP contribution in [0, 0.1) is 0 Å². The predicted molar refractivity (Wildman–Crippen MR) is 69.9 cm³/mol. The van der Waals surface area contributed by atoms with E-state index in [-0.39, 0.29) is 11.8 Å². The van der Waals surface area contributed by atoms with Crippen molar-refractivity contribution in [2.75, 3.05) is 6.61 Å².